The summed E-state index contributed by atoms with van der Waals surface area (Å²) in [6, 6.07) is 0.520. The van der Waals surface area contributed by atoms with Gasteiger partial charge in [0, 0.05) is 31.6 Å². The van der Waals surface area contributed by atoms with Crippen molar-refractivity contribution < 1.29 is 9.59 Å². The summed E-state index contributed by atoms with van der Waals surface area (Å²) >= 11 is 0. The Morgan fingerprint density at radius 1 is 1.00 bits per heavy atom. The highest BCUT2D eigenvalue weighted by Gasteiger charge is 2.25. The van der Waals surface area contributed by atoms with Gasteiger partial charge in [0.15, 0.2) is 0 Å². The van der Waals surface area contributed by atoms with E-state index in [0.717, 1.165) is 64.6 Å². The highest BCUT2D eigenvalue weighted by molar-refractivity contribution is 5.78. The van der Waals surface area contributed by atoms with Crippen LogP contribution in [0.25, 0.3) is 0 Å². The molecule has 0 atom stereocenters. The molecule has 5 nitrogen and oxygen atoms in total. The SMILES string of the molecule is CCC(CC)C(=O)NCCC1CCN(C(=O)NC2CCCCC2)CC1. The van der Waals surface area contributed by atoms with Gasteiger partial charge in [-0.15, -0.1) is 0 Å². The molecule has 0 bridgehead atoms. The minimum Gasteiger partial charge on any atom is -0.356 e. The summed E-state index contributed by atoms with van der Waals surface area (Å²) in [5.74, 6) is 0.986. The van der Waals surface area contributed by atoms with Crippen molar-refractivity contribution in [1.82, 2.24) is 15.5 Å². The number of nitrogens with zero attached hydrogens (tertiary/aromatic N) is 1. The third-order valence-electron chi connectivity index (χ3n) is 6.04. The number of rotatable bonds is 7. The molecule has 1 aliphatic carbocycles. The normalized spacial score (nSPS) is 19.9. The molecule has 0 spiro atoms. The lowest BCUT2D eigenvalue weighted by Crippen LogP contribution is -2.48. The van der Waals surface area contributed by atoms with Crippen molar-refractivity contribution in [2.45, 2.75) is 84.1 Å². The van der Waals surface area contributed by atoms with E-state index < -0.39 is 0 Å². The quantitative estimate of drug-likeness (QED) is 0.735. The second-order valence-corrected chi connectivity index (χ2v) is 7.81. The molecule has 5 heteroatoms. The molecule has 0 unspecified atom stereocenters. The van der Waals surface area contributed by atoms with E-state index in [1.807, 2.05) is 4.90 Å². The van der Waals surface area contributed by atoms with Gasteiger partial charge in [-0.3, -0.25) is 4.79 Å². The Bertz CT molecular complexity index is 409. The first kappa shape index (κ1) is 20.1. The van der Waals surface area contributed by atoms with Crippen LogP contribution < -0.4 is 10.6 Å². The third kappa shape index (κ3) is 6.52. The van der Waals surface area contributed by atoms with Crippen LogP contribution in [0.3, 0.4) is 0 Å². The zero-order valence-corrected chi connectivity index (χ0v) is 16.2. The van der Waals surface area contributed by atoms with Gasteiger partial charge in [0.1, 0.15) is 0 Å². The van der Waals surface area contributed by atoms with Crippen LogP contribution >= 0.6 is 0 Å². The van der Waals surface area contributed by atoms with Gasteiger partial charge >= 0.3 is 6.03 Å². The summed E-state index contributed by atoms with van der Waals surface area (Å²) in [6.07, 6.45) is 11.0. The number of hydrogen-bond acceptors (Lipinski definition) is 2. The lowest BCUT2D eigenvalue weighted by Gasteiger charge is -2.34. The molecule has 0 aromatic rings. The number of piperidine rings is 1. The molecule has 3 amide bonds. The van der Waals surface area contributed by atoms with Crippen molar-refractivity contribution in [3.63, 3.8) is 0 Å². The fourth-order valence-electron chi connectivity index (χ4n) is 4.14. The Balaban J connectivity index is 1.60. The smallest absolute Gasteiger partial charge is 0.317 e. The molecule has 0 aromatic heterocycles. The highest BCUT2D eigenvalue weighted by Crippen LogP contribution is 2.21. The van der Waals surface area contributed by atoms with E-state index in [4.69, 9.17) is 0 Å². The van der Waals surface area contributed by atoms with E-state index in [-0.39, 0.29) is 17.9 Å². The Morgan fingerprint density at radius 3 is 2.24 bits per heavy atom. The number of nitrogens with one attached hydrogen (secondary N) is 2. The number of carbonyl (C=O) groups is 2. The second-order valence-electron chi connectivity index (χ2n) is 7.81. The van der Waals surface area contributed by atoms with Crippen molar-refractivity contribution in [3.05, 3.63) is 0 Å². The molecule has 2 rings (SSSR count). The summed E-state index contributed by atoms with van der Waals surface area (Å²) in [5, 5.41) is 6.31. The second kappa shape index (κ2) is 10.7. The predicted molar refractivity (Wildman–Crippen MR) is 101 cm³/mol. The van der Waals surface area contributed by atoms with E-state index in [0.29, 0.717) is 12.0 Å². The highest BCUT2D eigenvalue weighted by atomic mass is 16.2. The van der Waals surface area contributed by atoms with Crippen LogP contribution in [-0.2, 0) is 4.79 Å². The molecule has 2 fully saturated rings. The molecule has 2 aliphatic rings. The Kier molecular flexibility index (Phi) is 8.56. The lowest BCUT2D eigenvalue weighted by atomic mass is 9.93. The average molecular weight is 352 g/mol. The topological polar surface area (TPSA) is 61.4 Å². The zero-order chi connectivity index (χ0) is 18.1. The number of carbonyl (C=O) groups excluding carboxylic acids is 2. The number of hydrogen-bond donors (Lipinski definition) is 2. The average Bonchev–Trinajstić information content (AvgIpc) is 2.64. The molecule has 1 aliphatic heterocycles. The van der Waals surface area contributed by atoms with Crippen molar-refractivity contribution in [2.75, 3.05) is 19.6 Å². The first-order chi connectivity index (χ1) is 12.1. The van der Waals surface area contributed by atoms with E-state index in [1.54, 1.807) is 0 Å². The van der Waals surface area contributed by atoms with Crippen molar-refractivity contribution in [2.24, 2.45) is 11.8 Å². The van der Waals surface area contributed by atoms with Gasteiger partial charge < -0.3 is 15.5 Å². The molecule has 1 saturated heterocycles. The molecule has 25 heavy (non-hydrogen) atoms. The zero-order valence-electron chi connectivity index (χ0n) is 16.2. The first-order valence-corrected chi connectivity index (χ1v) is 10.5. The summed E-state index contributed by atoms with van der Waals surface area (Å²) in [6.45, 7) is 6.62. The molecule has 1 saturated carbocycles. The van der Waals surface area contributed by atoms with Crippen molar-refractivity contribution in [3.8, 4) is 0 Å². The standard InChI is InChI=1S/C20H37N3O2/c1-3-17(4-2)19(24)21-13-10-16-11-14-23(15-12-16)20(25)22-18-8-6-5-7-9-18/h16-18H,3-15H2,1-2H3,(H,21,24)(H,22,25). The maximum Gasteiger partial charge on any atom is 0.317 e. The maximum absolute atomic E-state index is 12.4. The monoisotopic (exact) mass is 351 g/mol. The van der Waals surface area contributed by atoms with Crippen molar-refractivity contribution in [1.29, 1.82) is 0 Å². The predicted octanol–water partition coefficient (Wildman–Crippen LogP) is 3.68. The molecular formula is C20H37N3O2. The summed E-state index contributed by atoms with van der Waals surface area (Å²) in [4.78, 5) is 26.4. The van der Waals surface area contributed by atoms with E-state index >= 15 is 0 Å². The van der Waals surface area contributed by atoms with Crippen LogP contribution in [0.2, 0.25) is 0 Å². The molecule has 1 heterocycles. The van der Waals surface area contributed by atoms with Gasteiger partial charge in [-0.25, -0.2) is 4.79 Å². The molecule has 0 radical (unpaired) electrons. The fourth-order valence-corrected chi connectivity index (χ4v) is 4.14. The summed E-state index contributed by atoms with van der Waals surface area (Å²) in [7, 11) is 0. The van der Waals surface area contributed by atoms with Gasteiger partial charge in [-0.05, 0) is 50.9 Å². The Labute approximate surface area is 153 Å². The maximum atomic E-state index is 12.4. The number of likely N-dealkylation sites (tertiary alicyclic amines) is 1. The fraction of sp³-hybridized carbons (Fsp3) is 0.900. The van der Waals surface area contributed by atoms with Crippen LogP contribution in [0.5, 0.6) is 0 Å². The van der Waals surface area contributed by atoms with E-state index in [9.17, 15) is 9.59 Å². The van der Waals surface area contributed by atoms with Gasteiger partial charge in [0.25, 0.3) is 0 Å². The van der Waals surface area contributed by atoms with Gasteiger partial charge in [-0.1, -0.05) is 33.1 Å². The molecule has 0 aromatic carbocycles. The van der Waals surface area contributed by atoms with E-state index in [1.165, 1.54) is 19.3 Å². The van der Waals surface area contributed by atoms with Gasteiger partial charge in [0.2, 0.25) is 5.91 Å². The van der Waals surface area contributed by atoms with Gasteiger partial charge in [-0.2, -0.15) is 0 Å². The minimum atomic E-state index is 0.132. The Hall–Kier alpha value is -1.26. The number of urea groups is 1. The minimum absolute atomic E-state index is 0.132. The molecule has 144 valence electrons. The van der Waals surface area contributed by atoms with Crippen molar-refractivity contribution >= 4 is 11.9 Å². The third-order valence-corrected chi connectivity index (χ3v) is 6.04. The van der Waals surface area contributed by atoms with Crippen LogP contribution in [0, 0.1) is 11.8 Å². The summed E-state index contributed by atoms with van der Waals surface area (Å²) in [5.41, 5.74) is 0. The molecule has 2 N–H and O–H groups in total. The van der Waals surface area contributed by atoms with Crippen LogP contribution in [0.1, 0.15) is 78.1 Å². The van der Waals surface area contributed by atoms with Crippen LogP contribution in [-0.4, -0.2) is 42.5 Å². The lowest BCUT2D eigenvalue weighted by molar-refractivity contribution is -0.125. The largest absolute Gasteiger partial charge is 0.356 e. The number of amides is 3. The van der Waals surface area contributed by atoms with Crippen LogP contribution in [0.15, 0.2) is 0 Å². The Morgan fingerprint density at radius 2 is 1.64 bits per heavy atom. The molecular weight excluding hydrogens is 314 g/mol. The first-order valence-electron chi connectivity index (χ1n) is 10.5. The van der Waals surface area contributed by atoms with E-state index in [2.05, 4.69) is 24.5 Å². The summed E-state index contributed by atoms with van der Waals surface area (Å²) < 4.78 is 0. The van der Waals surface area contributed by atoms with Crippen LogP contribution in [0.4, 0.5) is 4.79 Å². The van der Waals surface area contributed by atoms with Gasteiger partial charge in [0.05, 0.1) is 0 Å².